The fraction of sp³-hybridized carbons (Fsp3) is 0.567. The van der Waals surface area contributed by atoms with Gasteiger partial charge in [-0.3, -0.25) is 0 Å². The first-order chi connectivity index (χ1) is 15.9. The van der Waals surface area contributed by atoms with Crippen LogP contribution in [-0.2, 0) is 15.8 Å². The van der Waals surface area contributed by atoms with Gasteiger partial charge in [-0.1, -0.05) is 76.2 Å². The van der Waals surface area contributed by atoms with Crippen molar-refractivity contribution < 1.29 is 9.53 Å². The maximum absolute atomic E-state index is 13.0. The lowest BCUT2D eigenvalue weighted by Crippen LogP contribution is -2.67. The van der Waals surface area contributed by atoms with Gasteiger partial charge in [0.25, 0.3) is 0 Å². The zero-order valence-electron chi connectivity index (χ0n) is 22.0. The Morgan fingerprint density at radius 3 is 1.74 bits per heavy atom. The van der Waals surface area contributed by atoms with Crippen LogP contribution in [0.5, 0.6) is 0 Å². The Bertz CT molecular complexity index is 998. The molecule has 4 rings (SSSR count). The van der Waals surface area contributed by atoms with Crippen molar-refractivity contribution in [1.82, 2.24) is 10.6 Å². The van der Waals surface area contributed by atoms with Gasteiger partial charge in [-0.15, -0.1) is 0 Å². The zero-order chi connectivity index (χ0) is 24.7. The van der Waals surface area contributed by atoms with E-state index in [1.54, 1.807) is 0 Å². The summed E-state index contributed by atoms with van der Waals surface area (Å²) in [6, 6.07) is 18.0. The number of carbonyl (C=O) groups excluding carboxylic acids is 1. The summed E-state index contributed by atoms with van der Waals surface area (Å²) in [6.45, 7) is 14.6. The summed E-state index contributed by atoms with van der Waals surface area (Å²) in [5, 5.41) is 7.30. The largest absolute Gasteiger partial charge is 0.444 e. The number of carbonyl (C=O) groups is 1. The third-order valence-electron chi connectivity index (χ3n) is 7.57. The molecule has 2 saturated carbocycles. The second kappa shape index (κ2) is 9.03. The number of hydrogen-bond donors (Lipinski definition) is 2. The Balaban J connectivity index is 1.60. The van der Waals surface area contributed by atoms with Crippen LogP contribution in [0.3, 0.4) is 0 Å². The first kappa shape index (κ1) is 24.8. The monoisotopic (exact) mass is 462 g/mol. The van der Waals surface area contributed by atoms with E-state index in [-0.39, 0.29) is 17.7 Å². The molecular weight excluding hydrogens is 420 g/mol. The molecule has 34 heavy (non-hydrogen) atoms. The number of hydrogen-bond acceptors (Lipinski definition) is 3. The van der Waals surface area contributed by atoms with Gasteiger partial charge in [-0.25, -0.2) is 4.79 Å². The smallest absolute Gasteiger partial charge is 0.408 e. The summed E-state index contributed by atoms with van der Waals surface area (Å²) < 4.78 is 5.69. The molecule has 0 spiro atoms. The van der Waals surface area contributed by atoms with Gasteiger partial charge in [0.15, 0.2) is 0 Å². The van der Waals surface area contributed by atoms with Gasteiger partial charge >= 0.3 is 6.09 Å². The van der Waals surface area contributed by atoms with Crippen LogP contribution in [0.1, 0.15) is 108 Å². The summed E-state index contributed by atoms with van der Waals surface area (Å²) >= 11 is 0. The SMILES string of the molecule is CC(C)c1ccc(C2(NC3CCC3(NC(=O)OC(C)(C)C)c3ccc(C(C)C)cc3)CC2)cc1. The number of ether oxygens (including phenoxy) is 1. The highest BCUT2D eigenvalue weighted by atomic mass is 16.6. The van der Waals surface area contributed by atoms with E-state index in [4.69, 9.17) is 4.74 Å². The van der Waals surface area contributed by atoms with Crippen molar-refractivity contribution in [3.05, 3.63) is 70.8 Å². The molecule has 0 radical (unpaired) electrons. The number of nitrogens with one attached hydrogen (secondary N) is 2. The minimum absolute atomic E-state index is 0.000663. The van der Waals surface area contributed by atoms with Crippen molar-refractivity contribution in [1.29, 1.82) is 0 Å². The fourth-order valence-electron chi connectivity index (χ4n) is 5.15. The molecule has 4 nitrogen and oxygen atoms in total. The first-order valence-corrected chi connectivity index (χ1v) is 12.9. The van der Waals surface area contributed by atoms with Gasteiger partial charge in [0.1, 0.15) is 5.60 Å². The first-order valence-electron chi connectivity index (χ1n) is 12.9. The molecule has 2 atom stereocenters. The normalized spacial score (nSPS) is 23.5. The van der Waals surface area contributed by atoms with Crippen LogP contribution < -0.4 is 10.6 Å². The molecule has 2 aromatic rings. The van der Waals surface area contributed by atoms with Gasteiger partial charge < -0.3 is 15.4 Å². The van der Waals surface area contributed by atoms with Crippen molar-refractivity contribution in [3.63, 3.8) is 0 Å². The molecule has 0 heterocycles. The van der Waals surface area contributed by atoms with Crippen molar-refractivity contribution >= 4 is 6.09 Å². The predicted molar refractivity (Wildman–Crippen MR) is 139 cm³/mol. The highest BCUT2D eigenvalue weighted by molar-refractivity contribution is 5.70. The van der Waals surface area contributed by atoms with Gasteiger partial charge in [0.05, 0.1) is 5.54 Å². The average molecular weight is 463 g/mol. The van der Waals surface area contributed by atoms with E-state index in [2.05, 4.69) is 86.9 Å². The molecule has 0 saturated heterocycles. The van der Waals surface area contributed by atoms with Gasteiger partial charge in [0, 0.05) is 11.6 Å². The van der Waals surface area contributed by atoms with Crippen LogP contribution in [0, 0.1) is 0 Å². The van der Waals surface area contributed by atoms with Gasteiger partial charge in [0.2, 0.25) is 0 Å². The van der Waals surface area contributed by atoms with E-state index >= 15 is 0 Å². The molecule has 2 aliphatic carbocycles. The molecule has 0 aliphatic heterocycles. The van der Waals surface area contributed by atoms with Crippen molar-refractivity contribution in [2.45, 2.75) is 109 Å². The quantitative estimate of drug-likeness (QED) is 0.461. The van der Waals surface area contributed by atoms with Crippen molar-refractivity contribution in [2.24, 2.45) is 0 Å². The molecule has 1 amide bonds. The maximum atomic E-state index is 13.0. The highest BCUT2D eigenvalue weighted by Gasteiger charge is 2.55. The summed E-state index contributed by atoms with van der Waals surface area (Å²) in [6.07, 6.45) is 3.82. The highest BCUT2D eigenvalue weighted by Crippen LogP contribution is 2.51. The number of rotatable bonds is 7. The summed E-state index contributed by atoms with van der Waals surface area (Å²) in [4.78, 5) is 13.0. The van der Waals surface area contributed by atoms with Crippen molar-refractivity contribution in [2.75, 3.05) is 0 Å². The van der Waals surface area contributed by atoms with E-state index in [0.29, 0.717) is 11.8 Å². The molecular formula is C30H42N2O2. The number of alkyl carbamates (subject to hydrolysis) is 1. The molecule has 2 N–H and O–H groups in total. The van der Waals surface area contributed by atoms with Crippen molar-refractivity contribution in [3.8, 4) is 0 Å². The number of benzene rings is 2. The van der Waals surface area contributed by atoms with E-state index in [1.807, 2.05) is 20.8 Å². The van der Waals surface area contributed by atoms with E-state index in [9.17, 15) is 4.79 Å². The molecule has 2 fully saturated rings. The summed E-state index contributed by atoms with van der Waals surface area (Å²) in [5.41, 5.74) is 4.18. The average Bonchev–Trinajstić information content (AvgIpc) is 3.55. The van der Waals surface area contributed by atoms with E-state index in [1.165, 1.54) is 16.7 Å². The zero-order valence-corrected chi connectivity index (χ0v) is 22.0. The standard InChI is InChI=1S/C30H42N2O2/c1-20(2)22-8-12-24(13-9-22)29(18-19-29)31-26-16-17-30(26,32-27(33)34-28(5,6)7)25-14-10-23(11-15-25)21(3)4/h8-15,20-21,26,31H,16-19H2,1-7H3,(H,32,33). The third kappa shape index (κ3) is 5.02. The predicted octanol–water partition coefficient (Wildman–Crippen LogP) is 7.09. The van der Waals surface area contributed by atoms with Crippen LogP contribution in [0.4, 0.5) is 4.79 Å². The second-order valence-electron chi connectivity index (χ2n) is 12.0. The lowest BCUT2D eigenvalue weighted by Gasteiger charge is -2.52. The Kier molecular flexibility index (Phi) is 6.58. The van der Waals surface area contributed by atoms with E-state index < -0.39 is 11.1 Å². The molecule has 2 aromatic carbocycles. The van der Waals surface area contributed by atoms with Gasteiger partial charge in [-0.2, -0.15) is 0 Å². The molecule has 0 bridgehead atoms. The molecule has 2 unspecified atom stereocenters. The fourth-order valence-corrected chi connectivity index (χ4v) is 5.15. The Hall–Kier alpha value is -2.33. The minimum Gasteiger partial charge on any atom is -0.444 e. The topological polar surface area (TPSA) is 50.4 Å². The lowest BCUT2D eigenvalue weighted by molar-refractivity contribution is 0.0268. The third-order valence-corrected chi connectivity index (χ3v) is 7.57. The summed E-state index contributed by atoms with van der Waals surface area (Å²) in [5.74, 6) is 1.01. The molecule has 0 aromatic heterocycles. The summed E-state index contributed by atoms with van der Waals surface area (Å²) in [7, 11) is 0. The Labute approximate surface area is 205 Å². The Morgan fingerprint density at radius 2 is 1.35 bits per heavy atom. The molecule has 2 aliphatic rings. The van der Waals surface area contributed by atoms with Crippen LogP contribution >= 0.6 is 0 Å². The second-order valence-corrected chi connectivity index (χ2v) is 12.0. The Morgan fingerprint density at radius 1 is 0.853 bits per heavy atom. The number of amides is 1. The maximum Gasteiger partial charge on any atom is 0.408 e. The van der Waals surface area contributed by atoms with Gasteiger partial charge in [-0.05, 0) is 80.5 Å². The molecule has 184 valence electrons. The minimum atomic E-state index is -0.532. The molecule has 4 heteroatoms. The van der Waals surface area contributed by atoms with Crippen LogP contribution in [-0.4, -0.2) is 17.7 Å². The van der Waals surface area contributed by atoms with Crippen LogP contribution in [0.15, 0.2) is 48.5 Å². The van der Waals surface area contributed by atoms with E-state index in [0.717, 1.165) is 31.2 Å². The van der Waals surface area contributed by atoms with Crippen LogP contribution in [0.25, 0.3) is 0 Å². The lowest BCUT2D eigenvalue weighted by atomic mass is 9.66. The van der Waals surface area contributed by atoms with Crippen LogP contribution in [0.2, 0.25) is 0 Å².